The second kappa shape index (κ2) is 6.71. The first kappa shape index (κ1) is 14.1. The van der Waals surface area contributed by atoms with Crippen LogP contribution in [0.2, 0.25) is 0 Å². The molecule has 1 aliphatic carbocycles. The maximum Gasteiger partial charge on any atom is 0.304 e. The zero-order chi connectivity index (χ0) is 13.7. The van der Waals surface area contributed by atoms with E-state index in [-0.39, 0.29) is 6.42 Å². The van der Waals surface area contributed by atoms with Crippen LogP contribution in [0.1, 0.15) is 49.1 Å². The molecule has 1 aromatic carbocycles. The molecule has 2 rings (SSSR count). The van der Waals surface area contributed by atoms with Gasteiger partial charge in [-0.15, -0.1) is 0 Å². The molecule has 0 spiro atoms. The number of carbonyl (C=O) groups is 1. The molecule has 0 unspecified atom stereocenters. The lowest BCUT2D eigenvalue weighted by Gasteiger charge is -2.16. The lowest BCUT2D eigenvalue weighted by atomic mass is 9.97. The SMILES string of the molecule is CN(CCC(=O)O)Cc1ccc(C2CCCC2)cc1. The smallest absolute Gasteiger partial charge is 0.304 e. The van der Waals surface area contributed by atoms with E-state index in [1.807, 2.05) is 7.05 Å². The van der Waals surface area contributed by atoms with Crippen LogP contribution < -0.4 is 0 Å². The van der Waals surface area contributed by atoms with Gasteiger partial charge in [0.25, 0.3) is 0 Å². The van der Waals surface area contributed by atoms with Gasteiger partial charge in [-0.05, 0) is 36.9 Å². The fourth-order valence-electron chi connectivity index (χ4n) is 2.83. The van der Waals surface area contributed by atoms with Crippen LogP contribution in [0.4, 0.5) is 0 Å². The zero-order valence-electron chi connectivity index (χ0n) is 11.6. The monoisotopic (exact) mass is 261 g/mol. The van der Waals surface area contributed by atoms with E-state index >= 15 is 0 Å². The van der Waals surface area contributed by atoms with Gasteiger partial charge in [-0.1, -0.05) is 37.1 Å². The van der Waals surface area contributed by atoms with Gasteiger partial charge in [0.05, 0.1) is 6.42 Å². The number of carboxylic acids is 1. The quantitative estimate of drug-likeness (QED) is 0.854. The Morgan fingerprint density at radius 3 is 2.47 bits per heavy atom. The third kappa shape index (κ3) is 4.35. The molecule has 3 heteroatoms. The number of benzene rings is 1. The molecule has 0 aliphatic heterocycles. The van der Waals surface area contributed by atoms with Gasteiger partial charge in [0, 0.05) is 13.1 Å². The number of carboxylic acid groups (broad SMARTS) is 1. The van der Waals surface area contributed by atoms with E-state index < -0.39 is 5.97 Å². The summed E-state index contributed by atoms with van der Waals surface area (Å²) in [5.74, 6) is 0.0298. The first-order valence-corrected chi connectivity index (χ1v) is 7.14. The van der Waals surface area contributed by atoms with Crippen molar-refractivity contribution in [3.8, 4) is 0 Å². The minimum atomic E-state index is -0.733. The van der Waals surface area contributed by atoms with Crippen molar-refractivity contribution < 1.29 is 9.90 Å². The van der Waals surface area contributed by atoms with Crippen molar-refractivity contribution >= 4 is 5.97 Å². The third-order valence-corrected chi connectivity index (χ3v) is 3.97. The van der Waals surface area contributed by atoms with Crippen molar-refractivity contribution in [2.75, 3.05) is 13.6 Å². The molecule has 1 N–H and O–H groups in total. The van der Waals surface area contributed by atoms with Gasteiger partial charge in [-0.3, -0.25) is 4.79 Å². The highest BCUT2D eigenvalue weighted by Gasteiger charge is 2.16. The number of rotatable bonds is 6. The number of nitrogens with zero attached hydrogens (tertiary/aromatic N) is 1. The molecule has 104 valence electrons. The molecule has 0 radical (unpaired) electrons. The largest absolute Gasteiger partial charge is 0.481 e. The fourth-order valence-corrected chi connectivity index (χ4v) is 2.83. The highest BCUT2D eigenvalue weighted by molar-refractivity contribution is 5.66. The normalized spacial score (nSPS) is 16.1. The lowest BCUT2D eigenvalue weighted by molar-refractivity contribution is -0.137. The zero-order valence-corrected chi connectivity index (χ0v) is 11.6. The Kier molecular flexibility index (Phi) is 4.97. The average Bonchev–Trinajstić information content (AvgIpc) is 2.91. The molecule has 0 atom stereocenters. The van der Waals surface area contributed by atoms with Gasteiger partial charge < -0.3 is 10.0 Å². The number of hydrogen-bond donors (Lipinski definition) is 1. The second-order valence-corrected chi connectivity index (χ2v) is 5.60. The minimum absolute atomic E-state index is 0.205. The van der Waals surface area contributed by atoms with Gasteiger partial charge in [0.15, 0.2) is 0 Å². The van der Waals surface area contributed by atoms with Crippen LogP contribution in [0.15, 0.2) is 24.3 Å². The van der Waals surface area contributed by atoms with Crippen LogP contribution in [-0.2, 0) is 11.3 Å². The predicted octanol–water partition coefficient (Wildman–Crippen LogP) is 3.25. The third-order valence-electron chi connectivity index (χ3n) is 3.97. The Balaban J connectivity index is 1.85. The molecular formula is C16H23NO2. The Morgan fingerprint density at radius 2 is 1.89 bits per heavy atom. The summed E-state index contributed by atoms with van der Waals surface area (Å²) in [5, 5.41) is 8.66. The van der Waals surface area contributed by atoms with Crippen LogP contribution >= 0.6 is 0 Å². The average molecular weight is 261 g/mol. The van der Waals surface area contributed by atoms with E-state index in [9.17, 15) is 4.79 Å². The van der Waals surface area contributed by atoms with E-state index in [1.54, 1.807) is 0 Å². The molecule has 0 amide bonds. The van der Waals surface area contributed by atoms with Gasteiger partial charge in [-0.25, -0.2) is 0 Å². The Bertz CT molecular complexity index is 407. The summed E-state index contributed by atoms with van der Waals surface area (Å²) in [6.45, 7) is 1.41. The maximum absolute atomic E-state index is 10.5. The number of hydrogen-bond acceptors (Lipinski definition) is 2. The van der Waals surface area contributed by atoms with Crippen molar-refractivity contribution in [3.63, 3.8) is 0 Å². The molecule has 19 heavy (non-hydrogen) atoms. The van der Waals surface area contributed by atoms with Crippen molar-refractivity contribution in [3.05, 3.63) is 35.4 Å². The van der Waals surface area contributed by atoms with Crippen LogP contribution in [0.25, 0.3) is 0 Å². The van der Waals surface area contributed by atoms with Crippen molar-refractivity contribution in [1.82, 2.24) is 4.90 Å². The standard InChI is InChI=1S/C16H23NO2/c1-17(11-10-16(18)19)12-13-6-8-15(9-7-13)14-4-2-3-5-14/h6-9,14H,2-5,10-12H2,1H3,(H,18,19). The Hall–Kier alpha value is -1.35. The van der Waals surface area contributed by atoms with Gasteiger partial charge in [-0.2, -0.15) is 0 Å². The van der Waals surface area contributed by atoms with Crippen molar-refractivity contribution in [1.29, 1.82) is 0 Å². The maximum atomic E-state index is 10.5. The van der Waals surface area contributed by atoms with Crippen LogP contribution in [0.5, 0.6) is 0 Å². The summed E-state index contributed by atoms with van der Waals surface area (Å²) >= 11 is 0. The first-order valence-electron chi connectivity index (χ1n) is 7.14. The highest BCUT2D eigenvalue weighted by Crippen LogP contribution is 2.33. The lowest BCUT2D eigenvalue weighted by Crippen LogP contribution is -2.21. The number of aliphatic carboxylic acids is 1. The van der Waals surface area contributed by atoms with Crippen LogP contribution in [0.3, 0.4) is 0 Å². The van der Waals surface area contributed by atoms with Gasteiger partial charge in [0.2, 0.25) is 0 Å². The minimum Gasteiger partial charge on any atom is -0.481 e. The van der Waals surface area contributed by atoms with E-state index in [0.717, 1.165) is 12.5 Å². The van der Waals surface area contributed by atoms with Crippen LogP contribution in [-0.4, -0.2) is 29.6 Å². The van der Waals surface area contributed by atoms with E-state index in [1.165, 1.54) is 36.8 Å². The van der Waals surface area contributed by atoms with Crippen LogP contribution in [0, 0.1) is 0 Å². The molecule has 3 nitrogen and oxygen atoms in total. The summed E-state index contributed by atoms with van der Waals surface area (Å²) in [6, 6.07) is 8.86. The van der Waals surface area contributed by atoms with E-state index in [0.29, 0.717) is 6.54 Å². The van der Waals surface area contributed by atoms with Crippen molar-refractivity contribution in [2.24, 2.45) is 0 Å². The fraction of sp³-hybridized carbons (Fsp3) is 0.562. The van der Waals surface area contributed by atoms with E-state index in [2.05, 4.69) is 29.2 Å². The Labute approximate surface area is 115 Å². The summed E-state index contributed by atoms with van der Waals surface area (Å²) in [5.41, 5.74) is 2.73. The summed E-state index contributed by atoms with van der Waals surface area (Å²) in [4.78, 5) is 12.6. The molecule has 0 heterocycles. The summed E-state index contributed by atoms with van der Waals surface area (Å²) in [6.07, 6.45) is 5.60. The molecular weight excluding hydrogens is 238 g/mol. The summed E-state index contributed by atoms with van der Waals surface area (Å²) < 4.78 is 0. The van der Waals surface area contributed by atoms with Crippen molar-refractivity contribution in [2.45, 2.75) is 44.6 Å². The summed E-state index contributed by atoms with van der Waals surface area (Å²) in [7, 11) is 1.97. The predicted molar refractivity (Wildman–Crippen MR) is 76.2 cm³/mol. The topological polar surface area (TPSA) is 40.5 Å². The molecule has 1 aromatic rings. The first-order chi connectivity index (χ1) is 9.15. The molecule has 1 aliphatic rings. The highest BCUT2D eigenvalue weighted by atomic mass is 16.4. The molecule has 1 fully saturated rings. The van der Waals surface area contributed by atoms with Gasteiger partial charge >= 0.3 is 5.97 Å². The molecule has 0 bridgehead atoms. The molecule has 0 saturated heterocycles. The Morgan fingerprint density at radius 1 is 1.26 bits per heavy atom. The second-order valence-electron chi connectivity index (χ2n) is 5.60. The molecule has 1 saturated carbocycles. The van der Waals surface area contributed by atoms with E-state index in [4.69, 9.17) is 5.11 Å². The molecule has 0 aromatic heterocycles. The van der Waals surface area contributed by atoms with Gasteiger partial charge in [0.1, 0.15) is 0 Å².